The number of urea groups is 1. The van der Waals surface area contributed by atoms with Gasteiger partial charge in [0, 0.05) is 11.0 Å². The average Bonchev–Trinajstić information content (AvgIpc) is 2.51. The number of carbonyl (C=O) groups excluding carboxylic acids is 1. The fourth-order valence-corrected chi connectivity index (χ4v) is 2.12. The van der Waals surface area contributed by atoms with E-state index in [2.05, 4.69) is 26.6 Å². The third-order valence-corrected chi connectivity index (χ3v) is 3.31. The Bertz CT molecular complexity index is 620. The van der Waals surface area contributed by atoms with Gasteiger partial charge in [-0.1, -0.05) is 34.1 Å². The summed E-state index contributed by atoms with van der Waals surface area (Å²) in [5.74, 6) is 0.445. The summed E-state index contributed by atoms with van der Waals surface area (Å²) in [5.41, 5.74) is 0.835. The van der Waals surface area contributed by atoms with E-state index in [9.17, 15) is 9.18 Å². The molecule has 22 heavy (non-hydrogen) atoms. The first-order valence-corrected chi connectivity index (χ1v) is 7.57. The van der Waals surface area contributed by atoms with E-state index < -0.39 is 0 Å². The number of nitrogens with one attached hydrogen (secondary N) is 2. The van der Waals surface area contributed by atoms with Crippen LogP contribution in [0.2, 0.25) is 0 Å². The highest BCUT2D eigenvalue weighted by molar-refractivity contribution is 9.10. The van der Waals surface area contributed by atoms with Crippen molar-refractivity contribution in [2.24, 2.45) is 0 Å². The molecule has 0 bridgehead atoms. The van der Waals surface area contributed by atoms with Crippen LogP contribution in [0.3, 0.4) is 0 Å². The van der Waals surface area contributed by atoms with Crippen LogP contribution in [-0.2, 0) is 6.54 Å². The minimum atomic E-state index is -0.294. The highest BCUT2D eigenvalue weighted by Crippen LogP contribution is 2.17. The van der Waals surface area contributed by atoms with E-state index in [1.165, 1.54) is 12.1 Å². The fourth-order valence-electron chi connectivity index (χ4n) is 1.74. The third kappa shape index (κ3) is 5.73. The van der Waals surface area contributed by atoms with Gasteiger partial charge < -0.3 is 15.4 Å². The van der Waals surface area contributed by atoms with E-state index in [4.69, 9.17) is 4.74 Å². The normalized spacial score (nSPS) is 10.1. The van der Waals surface area contributed by atoms with Gasteiger partial charge in [-0.15, -0.1) is 0 Å². The lowest BCUT2D eigenvalue weighted by Gasteiger charge is -2.09. The van der Waals surface area contributed by atoms with Crippen LogP contribution >= 0.6 is 15.9 Å². The largest absolute Gasteiger partial charge is 0.492 e. The smallest absolute Gasteiger partial charge is 0.315 e. The van der Waals surface area contributed by atoms with Gasteiger partial charge >= 0.3 is 6.03 Å². The van der Waals surface area contributed by atoms with Crippen molar-refractivity contribution >= 4 is 22.0 Å². The van der Waals surface area contributed by atoms with Gasteiger partial charge in [0.1, 0.15) is 18.2 Å². The maximum absolute atomic E-state index is 12.7. The monoisotopic (exact) mass is 366 g/mol. The molecule has 2 amide bonds. The van der Waals surface area contributed by atoms with E-state index in [0.717, 1.165) is 15.8 Å². The SMILES string of the molecule is O=C(NCCOc1cccc(Br)c1)NCc1ccc(F)cc1. The number of benzene rings is 2. The predicted molar refractivity (Wildman–Crippen MR) is 86.3 cm³/mol. The Morgan fingerprint density at radius 3 is 2.64 bits per heavy atom. The van der Waals surface area contributed by atoms with Crippen molar-refractivity contribution in [3.63, 3.8) is 0 Å². The van der Waals surface area contributed by atoms with E-state index in [1.807, 2.05) is 24.3 Å². The number of carbonyl (C=O) groups is 1. The molecule has 2 rings (SSSR count). The topological polar surface area (TPSA) is 50.4 Å². The average molecular weight is 367 g/mol. The molecule has 116 valence electrons. The number of halogens is 2. The molecule has 6 heteroatoms. The van der Waals surface area contributed by atoms with Crippen molar-refractivity contribution in [2.75, 3.05) is 13.2 Å². The lowest BCUT2D eigenvalue weighted by molar-refractivity contribution is 0.236. The van der Waals surface area contributed by atoms with Crippen molar-refractivity contribution in [3.05, 3.63) is 64.4 Å². The standard InChI is InChI=1S/C16H16BrFN2O2/c17-13-2-1-3-15(10-13)22-9-8-19-16(21)20-11-12-4-6-14(18)7-5-12/h1-7,10H,8-9,11H2,(H2,19,20,21). The highest BCUT2D eigenvalue weighted by atomic mass is 79.9. The molecule has 0 spiro atoms. The summed E-state index contributed by atoms with van der Waals surface area (Å²) in [5, 5.41) is 5.38. The Kier molecular flexibility index (Phi) is 6.21. The van der Waals surface area contributed by atoms with Crippen LogP contribution in [0, 0.1) is 5.82 Å². The van der Waals surface area contributed by atoms with Crippen LogP contribution in [0.15, 0.2) is 53.0 Å². The Balaban J connectivity index is 1.62. The van der Waals surface area contributed by atoms with Crippen LogP contribution in [0.25, 0.3) is 0 Å². The quantitative estimate of drug-likeness (QED) is 0.769. The molecule has 0 atom stereocenters. The first kappa shape index (κ1) is 16.3. The number of hydrogen-bond acceptors (Lipinski definition) is 2. The molecule has 2 aromatic carbocycles. The van der Waals surface area contributed by atoms with Crippen LogP contribution in [-0.4, -0.2) is 19.2 Å². The molecule has 4 nitrogen and oxygen atoms in total. The Morgan fingerprint density at radius 1 is 1.14 bits per heavy atom. The fraction of sp³-hybridized carbons (Fsp3) is 0.188. The summed E-state index contributed by atoms with van der Waals surface area (Å²) in [6.45, 7) is 1.11. The van der Waals surface area contributed by atoms with Gasteiger partial charge in [-0.05, 0) is 35.9 Å². The van der Waals surface area contributed by atoms with Crippen molar-refractivity contribution in [2.45, 2.75) is 6.54 Å². The molecule has 0 fully saturated rings. The number of amides is 2. The Morgan fingerprint density at radius 2 is 1.91 bits per heavy atom. The lowest BCUT2D eigenvalue weighted by Crippen LogP contribution is -2.37. The van der Waals surface area contributed by atoms with Crippen LogP contribution < -0.4 is 15.4 Å². The van der Waals surface area contributed by atoms with Gasteiger partial charge in [-0.25, -0.2) is 9.18 Å². The molecule has 0 aromatic heterocycles. The van der Waals surface area contributed by atoms with Crippen molar-refractivity contribution in [1.82, 2.24) is 10.6 Å². The van der Waals surface area contributed by atoms with Gasteiger partial charge in [-0.2, -0.15) is 0 Å². The van der Waals surface area contributed by atoms with E-state index in [1.54, 1.807) is 12.1 Å². The van der Waals surface area contributed by atoms with Gasteiger partial charge in [0.05, 0.1) is 6.54 Å². The summed E-state index contributed by atoms with van der Waals surface area (Å²) in [6, 6.07) is 13.2. The second kappa shape index (κ2) is 8.38. The number of ether oxygens (including phenoxy) is 1. The first-order valence-electron chi connectivity index (χ1n) is 6.78. The zero-order chi connectivity index (χ0) is 15.8. The molecule has 0 unspecified atom stereocenters. The molecule has 2 aromatic rings. The zero-order valence-corrected chi connectivity index (χ0v) is 13.4. The molecule has 0 aliphatic heterocycles. The molecular weight excluding hydrogens is 351 g/mol. The number of hydrogen-bond donors (Lipinski definition) is 2. The zero-order valence-electron chi connectivity index (χ0n) is 11.8. The van der Waals surface area contributed by atoms with Crippen LogP contribution in [0.1, 0.15) is 5.56 Å². The minimum Gasteiger partial charge on any atom is -0.492 e. The minimum absolute atomic E-state index is 0.290. The molecule has 0 aliphatic rings. The van der Waals surface area contributed by atoms with Crippen molar-refractivity contribution in [1.29, 1.82) is 0 Å². The Labute approximate surface area is 136 Å². The lowest BCUT2D eigenvalue weighted by atomic mass is 10.2. The second-order valence-electron chi connectivity index (χ2n) is 4.54. The highest BCUT2D eigenvalue weighted by Gasteiger charge is 2.01. The summed E-state index contributed by atoms with van der Waals surface area (Å²) in [6.07, 6.45) is 0. The van der Waals surface area contributed by atoms with Gasteiger partial charge in [-0.3, -0.25) is 0 Å². The summed E-state index contributed by atoms with van der Waals surface area (Å²) in [4.78, 5) is 11.6. The van der Waals surface area contributed by atoms with Crippen LogP contribution in [0.5, 0.6) is 5.75 Å². The van der Waals surface area contributed by atoms with Gasteiger partial charge in [0.25, 0.3) is 0 Å². The molecule has 0 saturated heterocycles. The maximum Gasteiger partial charge on any atom is 0.315 e. The maximum atomic E-state index is 12.7. The van der Waals surface area contributed by atoms with Crippen molar-refractivity contribution in [3.8, 4) is 5.75 Å². The summed E-state index contributed by atoms with van der Waals surface area (Å²) >= 11 is 3.36. The van der Waals surface area contributed by atoms with E-state index in [-0.39, 0.29) is 11.8 Å². The van der Waals surface area contributed by atoms with Gasteiger partial charge in [0.2, 0.25) is 0 Å². The summed E-state index contributed by atoms with van der Waals surface area (Å²) in [7, 11) is 0. The molecule has 0 saturated carbocycles. The predicted octanol–water partition coefficient (Wildman–Crippen LogP) is 3.47. The molecule has 2 N–H and O–H groups in total. The summed E-state index contributed by atoms with van der Waals surface area (Å²) < 4.78 is 19.2. The first-order chi connectivity index (χ1) is 10.6. The van der Waals surface area contributed by atoms with Crippen molar-refractivity contribution < 1.29 is 13.9 Å². The van der Waals surface area contributed by atoms with Gasteiger partial charge in [0.15, 0.2) is 0 Å². The van der Waals surface area contributed by atoms with E-state index in [0.29, 0.717) is 19.7 Å². The number of rotatable bonds is 6. The molecule has 0 aliphatic carbocycles. The van der Waals surface area contributed by atoms with E-state index >= 15 is 0 Å². The third-order valence-electron chi connectivity index (χ3n) is 2.82. The second-order valence-corrected chi connectivity index (χ2v) is 5.46. The molecule has 0 radical (unpaired) electrons. The molecular formula is C16H16BrFN2O2. The molecule has 0 heterocycles. The Hall–Kier alpha value is -2.08. The van der Waals surface area contributed by atoms with Crippen LogP contribution in [0.4, 0.5) is 9.18 Å².